The second-order valence-electron chi connectivity index (χ2n) is 12.1. The first kappa shape index (κ1) is 29.1. The molecule has 11 nitrogen and oxygen atoms in total. The molecule has 2 aromatic heterocycles. The van der Waals surface area contributed by atoms with Crippen molar-refractivity contribution >= 4 is 52.4 Å². The zero-order chi connectivity index (χ0) is 30.0. The number of carbonyl (C=O) groups excluding carboxylic acids is 3. The van der Waals surface area contributed by atoms with E-state index >= 15 is 0 Å². The fraction of sp³-hybridized carbons (Fsp3) is 0.419. The standard InChI is InChI=1S/C31H39N7O4/c1-17-23(33-18(2)28(17)37-27(39)12-13-32-19-8-6-7-9-19)15-22-21-11-10-20(14-24(21)35-29(22)40)34-30(41)36-26-16-25(42-38-26)31(3,4)5/h10-11,14-16,19,32-33H,6-9,12-13H2,1-5H3,(H,35,40)(H,37,39)(H2,34,36,38,41). The zero-order valence-corrected chi connectivity index (χ0v) is 24.8. The van der Waals surface area contributed by atoms with Gasteiger partial charge in [-0.05, 0) is 50.5 Å². The third-order valence-electron chi connectivity index (χ3n) is 7.72. The molecule has 0 bridgehead atoms. The highest BCUT2D eigenvalue weighted by molar-refractivity contribution is 6.35. The third kappa shape index (κ3) is 6.57. The average Bonchev–Trinajstić information content (AvgIpc) is 3.70. The lowest BCUT2D eigenvalue weighted by molar-refractivity contribution is -0.116. The Morgan fingerprint density at radius 1 is 1.10 bits per heavy atom. The fourth-order valence-corrected chi connectivity index (χ4v) is 5.35. The number of rotatable bonds is 8. The van der Waals surface area contributed by atoms with Gasteiger partial charge in [0.2, 0.25) is 5.91 Å². The summed E-state index contributed by atoms with van der Waals surface area (Å²) in [5.41, 5.74) is 5.22. The van der Waals surface area contributed by atoms with Crippen LogP contribution in [0.3, 0.4) is 0 Å². The molecule has 6 N–H and O–H groups in total. The van der Waals surface area contributed by atoms with Gasteiger partial charge in [0.15, 0.2) is 5.82 Å². The molecule has 0 saturated heterocycles. The Morgan fingerprint density at radius 3 is 2.57 bits per heavy atom. The Kier molecular flexibility index (Phi) is 8.22. The van der Waals surface area contributed by atoms with E-state index in [1.165, 1.54) is 25.7 Å². The molecule has 5 rings (SSSR count). The van der Waals surface area contributed by atoms with E-state index < -0.39 is 6.03 Å². The number of hydrogen-bond donors (Lipinski definition) is 6. The maximum absolute atomic E-state index is 12.9. The van der Waals surface area contributed by atoms with Crippen LogP contribution in [0.1, 0.15) is 81.2 Å². The van der Waals surface area contributed by atoms with Crippen molar-refractivity contribution in [2.24, 2.45) is 0 Å². The highest BCUT2D eigenvalue weighted by atomic mass is 16.5. The Balaban J connectivity index is 1.23. The monoisotopic (exact) mass is 573 g/mol. The summed E-state index contributed by atoms with van der Waals surface area (Å²) in [7, 11) is 0. The first-order valence-corrected chi connectivity index (χ1v) is 14.4. The van der Waals surface area contributed by atoms with Crippen molar-refractivity contribution in [3.05, 3.63) is 52.5 Å². The van der Waals surface area contributed by atoms with Crippen molar-refractivity contribution in [3.8, 4) is 0 Å². The molecule has 1 aliphatic heterocycles. The fourth-order valence-electron chi connectivity index (χ4n) is 5.35. The van der Waals surface area contributed by atoms with E-state index in [-0.39, 0.29) is 17.2 Å². The van der Waals surface area contributed by atoms with Crippen LogP contribution in [0.25, 0.3) is 11.6 Å². The summed E-state index contributed by atoms with van der Waals surface area (Å²) in [4.78, 5) is 41.4. The molecule has 0 spiro atoms. The second kappa shape index (κ2) is 11.8. The lowest BCUT2D eigenvalue weighted by atomic mass is 9.93. The number of aryl methyl sites for hydroxylation is 1. The predicted molar refractivity (Wildman–Crippen MR) is 165 cm³/mol. The van der Waals surface area contributed by atoms with Crippen LogP contribution >= 0.6 is 0 Å². The van der Waals surface area contributed by atoms with Gasteiger partial charge in [-0.1, -0.05) is 44.8 Å². The van der Waals surface area contributed by atoms with E-state index in [0.717, 1.165) is 22.6 Å². The van der Waals surface area contributed by atoms with Gasteiger partial charge < -0.3 is 30.8 Å². The zero-order valence-electron chi connectivity index (χ0n) is 24.8. The van der Waals surface area contributed by atoms with Gasteiger partial charge in [0.05, 0.1) is 16.9 Å². The van der Waals surface area contributed by atoms with Gasteiger partial charge in [-0.25, -0.2) is 4.79 Å². The summed E-state index contributed by atoms with van der Waals surface area (Å²) in [5, 5.41) is 18.7. The van der Waals surface area contributed by atoms with Gasteiger partial charge in [-0.3, -0.25) is 14.9 Å². The predicted octanol–water partition coefficient (Wildman–Crippen LogP) is 5.91. The minimum atomic E-state index is -0.481. The smallest absolute Gasteiger partial charge is 0.324 e. The van der Waals surface area contributed by atoms with Gasteiger partial charge >= 0.3 is 6.03 Å². The number of H-pyrrole nitrogens is 1. The lowest BCUT2D eigenvalue weighted by Crippen LogP contribution is -2.29. The highest BCUT2D eigenvalue weighted by Gasteiger charge is 2.26. The molecule has 0 unspecified atom stereocenters. The highest BCUT2D eigenvalue weighted by Crippen LogP contribution is 2.36. The second-order valence-corrected chi connectivity index (χ2v) is 12.1. The SMILES string of the molecule is Cc1[nH]c(C=C2C(=O)Nc3cc(NC(=O)Nc4cc(C(C)(C)C)on4)ccc32)c(C)c1NC(=O)CCNC1CCCC1. The number of benzene rings is 1. The summed E-state index contributed by atoms with van der Waals surface area (Å²) in [6, 6.07) is 6.95. The topological polar surface area (TPSA) is 153 Å². The number of anilines is 4. The summed E-state index contributed by atoms with van der Waals surface area (Å²) >= 11 is 0. The van der Waals surface area contributed by atoms with Crippen LogP contribution in [-0.4, -0.2) is 40.6 Å². The third-order valence-corrected chi connectivity index (χ3v) is 7.72. The van der Waals surface area contributed by atoms with Gasteiger partial charge in [0.1, 0.15) is 5.76 Å². The van der Waals surface area contributed by atoms with Crippen LogP contribution in [0.2, 0.25) is 0 Å². The molecule has 0 radical (unpaired) electrons. The molecule has 42 heavy (non-hydrogen) atoms. The van der Waals surface area contributed by atoms with E-state index in [2.05, 4.69) is 36.7 Å². The van der Waals surface area contributed by atoms with Crippen LogP contribution in [0.5, 0.6) is 0 Å². The minimum absolute atomic E-state index is 0.0453. The first-order chi connectivity index (χ1) is 20.0. The number of hydrogen-bond acceptors (Lipinski definition) is 6. The molecule has 2 aliphatic rings. The van der Waals surface area contributed by atoms with Crippen LogP contribution in [-0.2, 0) is 15.0 Å². The van der Waals surface area contributed by atoms with Gasteiger partial charge in [-0.15, -0.1) is 0 Å². The Morgan fingerprint density at radius 2 is 1.86 bits per heavy atom. The number of aromatic amines is 1. The summed E-state index contributed by atoms with van der Waals surface area (Å²) in [6.45, 7) is 10.4. The Hall–Kier alpha value is -4.38. The minimum Gasteiger partial charge on any atom is -0.359 e. The number of nitrogens with zero attached hydrogens (tertiary/aromatic N) is 1. The van der Waals surface area contributed by atoms with E-state index in [0.29, 0.717) is 53.1 Å². The molecule has 1 fully saturated rings. The van der Waals surface area contributed by atoms with Crippen molar-refractivity contribution in [2.75, 3.05) is 27.8 Å². The molecule has 1 aromatic carbocycles. The van der Waals surface area contributed by atoms with Crippen LogP contribution in [0, 0.1) is 13.8 Å². The molecule has 4 amide bonds. The summed E-state index contributed by atoms with van der Waals surface area (Å²) in [6.07, 6.45) is 7.06. The van der Waals surface area contributed by atoms with E-state index in [4.69, 9.17) is 4.52 Å². The van der Waals surface area contributed by atoms with Crippen molar-refractivity contribution in [1.29, 1.82) is 0 Å². The van der Waals surface area contributed by atoms with Crippen LogP contribution in [0.4, 0.5) is 27.7 Å². The average molecular weight is 574 g/mol. The number of carbonyl (C=O) groups is 3. The number of aromatic nitrogens is 2. The summed E-state index contributed by atoms with van der Waals surface area (Å²) < 4.78 is 5.31. The van der Waals surface area contributed by atoms with Crippen molar-refractivity contribution in [1.82, 2.24) is 15.5 Å². The lowest BCUT2D eigenvalue weighted by Gasteiger charge is -2.12. The molecule has 3 aromatic rings. The largest absolute Gasteiger partial charge is 0.359 e. The van der Waals surface area contributed by atoms with Crippen molar-refractivity contribution < 1.29 is 18.9 Å². The van der Waals surface area contributed by atoms with Crippen LogP contribution in [0.15, 0.2) is 28.8 Å². The maximum Gasteiger partial charge on any atom is 0.324 e. The molecule has 0 atom stereocenters. The van der Waals surface area contributed by atoms with Gasteiger partial charge in [-0.2, -0.15) is 0 Å². The molecule has 11 heteroatoms. The number of amides is 4. The molecule has 3 heterocycles. The van der Waals surface area contributed by atoms with Gasteiger partial charge in [0, 0.05) is 53.1 Å². The van der Waals surface area contributed by atoms with Gasteiger partial charge in [0.25, 0.3) is 5.91 Å². The quantitative estimate of drug-likeness (QED) is 0.184. The Bertz CT molecular complexity index is 1540. The molecular weight excluding hydrogens is 534 g/mol. The van der Waals surface area contributed by atoms with E-state index in [9.17, 15) is 14.4 Å². The maximum atomic E-state index is 12.9. The summed E-state index contributed by atoms with van der Waals surface area (Å²) in [5.74, 6) is 0.673. The van der Waals surface area contributed by atoms with Crippen LogP contribution < -0.4 is 26.6 Å². The number of nitrogens with one attached hydrogen (secondary N) is 6. The Labute approximate surface area is 245 Å². The molecular formula is C31H39N7O4. The van der Waals surface area contributed by atoms with E-state index in [1.54, 1.807) is 30.3 Å². The van der Waals surface area contributed by atoms with Crippen molar-refractivity contribution in [2.45, 2.75) is 78.2 Å². The van der Waals surface area contributed by atoms with Crippen molar-refractivity contribution in [3.63, 3.8) is 0 Å². The normalized spacial score (nSPS) is 16.0. The number of urea groups is 1. The van der Waals surface area contributed by atoms with E-state index in [1.807, 2.05) is 34.6 Å². The number of fused-ring (bicyclic) bond motifs is 1. The molecule has 1 saturated carbocycles. The first-order valence-electron chi connectivity index (χ1n) is 14.4. The molecule has 1 aliphatic carbocycles. The molecule has 222 valence electrons.